The molecule has 0 radical (unpaired) electrons. The summed E-state index contributed by atoms with van der Waals surface area (Å²) in [5.41, 5.74) is 4.70. The molecule has 0 saturated carbocycles. The number of hydrogen-bond acceptors (Lipinski definition) is 7. The number of nitrogens with zero attached hydrogens (tertiary/aromatic N) is 3. The number of carbonyl (C=O) groups is 1. The molecule has 1 saturated heterocycles. The van der Waals surface area contributed by atoms with Crippen molar-refractivity contribution < 1.29 is 19.8 Å². The third-order valence-electron chi connectivity index (χ3n) is 5.34. The van der Waals surface area contributed by atoms with Gasteiger partial charge in [0.25, 0.3) is 11.5 Å². The average molecular weight is 436 g/mol. The number of aliphatic hydroxyl groups is 1. The molecule has 0 spiro atoms. The Hall–Kier alpha value is -3.53. The molecule has 32 heavy (non-hydrogen) atoms. The van der Waals surface area contributed by atoms with Gasteiger partial charge < -0.3 is 19.3 Å². The van der Waals surface area contributed by atoms with E-state index in [4.69, 9.17) is 9.94 Å². The van der Waals surface area contributed by atoms with Gasteiger partial charge in [0.05, 0.1) is 32.1 Å². The molecule has 1 aromatic heterocycles. The molecule has 2 heterocycles. The van der Waals surface area contributed by atoms with E-state index in [1.807, 2.05) is 29.2 Å². The predicted octanol–water partition coefficient (Wildman–Crippen LogP) is 1.41. The van der Waals surface area contributed by atoms with Crippen LogP contribution in [0.1, 0.15) is 21.5 Å². The second kappa shape index (κ2) is 9.73. The summed E-state index contributed by atoms with van der Waals surface area (Å²) in [5, 5.41) is 18.3. The van der Waals surface area contributed by atoms with Gasteiger partial charge in [0, 0.05) is 30.4 Å². The van der Waals surface area contributed by atoms with Crippen LogP contribution in [-0.4, -0.2) is 52.1 Å². The molecule has 9 nitrogen and oxygen atoms in total. The number of aromatic nitrogens is 2. The lowest BCUT2D eigenvalue weighted by Crippen LogP contribution is -2.41. The Balaban J connectivity index is 1.74. The van der Waals surface area contributed by atoms with Gasteiger partial charge in [0.1, 0.15) is 0 Å². The molecule has 1 amide bonds. The highest BCUT2D eigenvalue weighted by molar-refractivity contribution is 5.93. The van der Waals surface area contributed by atoms with Gasteiger partial charge in [-0.05, 0) is 29.3 Å². The van der Waals surface area contributed by atoms with Crippen LogP contribution < -0.4 is 15.9 Å². The first-order valence-corrected chi connectivity index (χ1v) is 10.3. The molecule has 3 aromatic rings. The molecule has 4 rings (SSSR count). The Morgan fingerprint density at radius 1 is 1.09 bits per heavy atom. The Kier molecular flexibility index (Phi) is 6.60. The molecule has 9 heteroatoms. The van der Waals surface area contributed by atoms with Crippen molar-refractivity contribution in [2.75, 3.05) is 31.2 Å². The zero-order chi connectivity index (χ0) is 22.5. The fourth-order valence-electron chi connectivity index (χ4n) is 3.61. The molecule has 166 valence electrons. The Labute approximate surface area is 184 Å². The lowest BCUT2D eigenvalue weighted by atomic mass is 10.1. The van der Waals surface area contributed by atoms with Gasteiger partial charge in [-0.25, -0.2) is 10.5 Å². The SMILES string of the molecule is O=C(NO)c1ccc(Cn2cc(-c3cccc(CO)c3)nc(N3CCOCC3)c2=O)cc1. The minimum Gasteiger partial charge on any atom is -0.392 e. The molecular formula is C23H24N4O5. The number of benzene rings is 2. The first kappa shape index (κ1) is 21.7. The molecule has 1 aliphatic rings. The number of rotatable bonds is 6. The van der Waals surface area contributed by atoms with Crippen molar-refractivity contribution in [2.24, 2.45) is 0 Å². The number of anilines is 1. The predicted molar refractivity (Wildman–Crippen MR) is 118 cm³/mol. The molecular weight excluding hydrogens is 412 g/mol. The van der Waals surface area contributed by atoms with E-state index in [0.29, 0.717) is 43.4 Å². The molecule has 2 aromatic carbocycles. The van der Waals surface area contributed by atoms with Crippen molar-refractivity contribution >= 4 is 11.7 Å². The van der Waals surface area contributed by atoms with Crippen LogP contribution in [0.5, 0.6) is 0 Å². The molecule has 3 N–H and O–H groups in total. The van der Waals surface area contributed by atoms with Crippen LogP contribution in [0.25, 0.3) is 11.3 Å². The monoisotopic (exact) mass is 436 g/mol. The minimum absolute atomic E-state index is 0.0857. The van der Waals surface area contributed by atoms with Crippen molar-refractivity contribution in [3.8, 4) is 11.3 Å². The van der Waals surface area contributed by atoms with Crippen molar-refractivity contribution in [2.45, 2.75) is 13.2 Å². The summed E-state index contributed by atoms with van der Waals surface area (Å²) in [6.45, 7) is 2.41. The molecule has 0 unspecified atom stereocenters. The fourth-order valence-corrected chi connectivity index (χ4v) is 3.61. The summed E-state index contributed by atoms with van der Waals surface area (Å²) in [6.07, 6.45) is 1.71. The van der Waals surface area contributed by atoms with E-state index in [-0.39, 0.29) is 18.7 Å². The van der Waals surface area contributed by atoms with Crippen LogP contribution in [0.2, 0.25) is 0 Å². The number of aliphatic hydroxyl groups excluding tert-OH is 1. The third-order valence-corrected chi connectivity index (χ3v) is 5.34. The van der Waals surface area contributed by atoms with E-state index in [9.17, 15) is 14.7 Å². The summed E-state index contributed by atoms with van der Waals surface area (Å²) in [6, 6.07) is 14.0. The highest BCUT2D eigenvalue weighted by atomic mass is 16.5. The third kappa shape index (κ3) is 4.70. The zero-order valence-corrected chi connectivity index (χ0v) is 17.4. The van der Waals surface area contributed by atoms with Crippen LogP contribution in [0, 0.1) is 0 Å². The van der Waals surface area contributed by atoms with Crippen molar-refractivity contribution in [1.82, 2.24) is 15.0 Å². The number of nitrogens with one attached hydrogen (secondary N) is 1. The van der Waals surface area contributed by atoms with E-state index in [1.54, 1.807) is 40.5 Å². The highest BCUT2D eigenvalue weighted by Gasteiger charge is 2.19. The standard InChI is InChI=1S/C23H24N4O5/c28-15-17-2-1-3-19(12-17)20-14-27(13-16-4-6-18(7-5-16)22(29)25-31)23(30)21(24-20)26-8-10-32-11-9-26/h1-7,12,14,28,31H,8-11,13,15H2,(H,25,29). The topological polar surface area (TPSA) is 117 Å². The zero-order valence-electron chi connectivity index (χ0n) is 17.4. The van der Waals surface area contributed by atoms with E-state index in [2.05, 4.69) is 4.98 Å². The maximum atomic E-state index is 13.3. The van der Waals surface area contributed by atoms with E-state index < -0.39 is 5.91 Å². The van der Waals surface area contributed by atoms with E-state index >= 15 is 0 Å². The Morgan fingerprint density at radius 2 is 1.84 bits per heavy atom. The number of morpholine rings is 1. The smallest absolute Gasteiger partial charge is 0.293 e. The van der Waals surface area contributed by atoms with Crippen molar-refractivity contribution in [1.29, 1.82) is 0 Å². The summed E-state index contributed by atoms with van der Waals surface area (Å²) in [7, 11) is 0. The Morgan fingerprint density at radius 3 is 2.53 bits per heavy atom. The number of carbonyl (C=O) groups excluding carboxylic acids is 1. The average Bonchev–Trinajstić information content (AvgIpc) is 2.85. The van der Waals surface area contributed by atoms with Crippen LogP contribution in [0.3, 0.4) is 0 Å². The quantitative estimate of drug-likeness (QED) is 0.395. The van der Waals surface area contributed by atoms with Crippen molar-refractivity contribution in [3.05, 3.63) is 81.8 Å². The summed E-state index contributed by atoms with van der Waals surface area (Å²) < 4.78 is 7.01. The van der Waals surface area contributed by atoms with Crippen LogP contribution in [-0.2, 0) is 17.9 Å². The van der Waals surface area contributed by atoms with Gasteiger partial charge in [0.15, 0.2) is 5.82 Å². The molecule has 0 bridgehead atoms. The van der Waals surface area contributed by atoms with E-state index in [0.717, 1.165) is 16.7 Å². The normalized spacial score (nSPS) is 13.8. The maximum absolute atomic E-state index is 13.3. The van der Waals surface area contributed by atoms with Gasteiger partial charge in [-0.15, -0.1) is 0 Å². The van der Waals surface area contributed by atoms with Gasteiger partial charge in [-0.3, -0.25) is 14.8 Å². The second-order valence-corrected chi connectivity index (χ2v) is 7.48. The van der Waals surface area contributed by atoms with Gasteiger partial charge in [-0.1, -0.05) is 30.3 Å². The largest absolute Gasteiger partial charge is 0.392 e. The summed E-state index contributed by atoms with van der Waals surface area (Å²) in [5.74, 6) is -0.241. The molecule has 1 aliphatic heterocycles. The van der Waals surface area contributed by atoms with Crippen LogP contribution in [0.4, 0.5) is 5.82 Å². The maximum Gasteiger partial charge on any atom is 0.293 e. The second-order valence-electron chi connectivity index (χ2n) is 7.48. The van der Waals surface area contributed by atoms with Crippen molar-refractivity contribution in [3.63, 3.8) is 0 Å². The minimum atomic E-state index is -0.599. The van der Waals surface area contributed by atoms with Gasteiger partial charge >= 0.3 is 0 Å². The highest BCUT2D eigenvalue weighted by Crippen LogP contribution is 2.21. The summed E-state index contributed by atoms with van der Waals surface area (Å²) in [4.78, 5) is 31.4. The number of ether oxygens (including phenoxy) is 1. The summed E-state index contributed by atoms with van der Waals surface area (Å²) >= 11 is 0. The van der Waals surface area contributed by atoms with Gasteiger partial charge in [-0.2, -0.15) is 0 Å². The first-order valence-electron chi connectivity index (χ1n) is 10.3. The lowest BCUT2D eigenvalue weighted by molar-refractivity contribution is 0.0706. The fraction of sp³-hybridized carbons (Fsp3) is 0.261. The molecule has 1 fully saturated rings. The number of amides is 1. The number of hydrogen-bond donors (Lipinski definition) is 3. The molecule has 0 aliphatic carbocycles. The first-order chi connectivity index (χ1) is 15.6. The molecule has 0 atom stereocenters. The lowest BCUT2D eigenvalue weighted by Gasteiger charge is -2.28. The number of hydroxylamine groups is 1. The van der Waals surface area contributed by atoms with E-state index in [1.165, 1.54) is 0 Å². The van der Waals surface area contributed by atoms with Crippen LogP contribution >= 0.6 is 0 Å². The van der Waals surface area contributed by atoms with Gasteiger partial charge in [0.2, 0.25) is 0 Å². The van der Waals surface area contributed by atoms with Crippen LogP contribution in [0.15, 0.2) is 59.5 Å². The Bertz CT molecular complexity index is 1150.